The maximum atomic E-state index is 4.90. The molecule has 1 aliphatic heterocycles. The van der Waals surface area contributed by atoms with Crippen LogP contribution in [0.4, 0.5) is 5.69 Å². The molecular formula is C28H37N3. The molecule has 164 valence electrons. The van der Waals surface area contributed by atoms with E-state index in [1.165, 1.54) is 33.5 Å². The number of nitrogens with zero attached hydrogens (tertiary/aromatic N) is 3. The van der Waals surface area contributed by atoms with E-state index in [1.54, 1.807) is 0 Å². The molecular weight excluding hydrogens is 378 g/mol. The van der Waals surface area contributed by atoms with Crippen molar-refractivity contribution in [3.05, 3.63) is 64.5 Å². The molecule has 3 nitrogen and oxygen atoms in total. The lowest BCUT2D eigenvalue weighted by Crippen LogP contribution is -2.18. The van der Waals surface area contributed by atoms with Crippen LogP contribution in [0.3, 0.4) is 0 Å². The fraction of sp³-hybridized carbons (Fsp3) is 0.429. The number of hydrogen-bond donors (Lipinski definition) is 0. The van der Waals surface area contributed by atoms with Gasteiger partial charge in [-0.3, -0.25) is 9.56 Å². The Morgan fingerprint density at radius 3 is 2.13 bits per heavy atom. The van der Waals surface area contributed by atoms with Crippen LogP contribution in [-0.2, 0) is 10.8 Å². The number of aliphatic imine (C=N–C) groups is 1. The standard InChI is InChI=1S/C26H31N3.C2H6/c1-16-13-17(2)23(18(3)14-16)29-12-11-27-24(29)21-19(25(4,5)6)9-10-20-22(21)28-15-26(20,7)8;1-2/h9-15H,1-8H3;1-2H3. The Morgan fingerprint density at radius 2 is 1.55 bits per heavy atom. The number of aromatic nitrogens is 2. The van der Waals surface area contributed by atoms with Gasteiger partial charge in [0.25, 0.3) is 0 Å². The van der Waals surface area contributed by atoms with E-state index in [4.69, 9.17) is 9.98 Å². The first-order chi connectivity index (χ1) is 14.5. The molecule has 0 atom stereocenters. The molecule has 0 amide bonds. The molecule has 0 saturated heterocycles. The Bertz CT molecular complexity index is 1110. The molecule has 1 aliphatic rings. The topological polar surface area (TPSA) is 30.2 Å². The van der Waals surface area contributed by atoms with Gasteiger partial charge in [0, 0.05) is 29.6 Å². The van der Waals surface area contributed by atoms with Crippen molar-refractivity contribution in [3.63, 3.8) is 0 Å². The summed E-state index contributed by atoms with van der Waals surface area (Å²) in [6.07, 6.45) is 6.06. The Balaban J connectivity index is 0.00000132. The number of hydrogen-bond acceptors (Lipinski definition) is 2. The van der Waals surface area contributed by atoms with E-state index in [0.29, 0.717) is 0 Å². The zero-order valence-electron chi connectivity index (χ0n) is 20.9. The second kappa shape index (κ2) is 8.11. The van der Waals surface area contributed by atoms with Crippen LogP contribution >= 0.6 is 0 Å². The van der Waals surface area contributed by atoms with E-state index in [0.717, 1.165) is 17.1 Å². The Labute approximate surface area is 188 Å². The van der Waals surface area contributed by atoms with Gasteiger partial charge in [0.05, 0.1) is 11.4 Å². The predicted octanol–water partition coefficient (Wildman–Crippen LogP) is 7.78. The summed E-state index contributed by atoms with van der Waals surface area (Å²) in [4.78, 5) is 9.75. The van der Waals surface area contributed by atoms with Crippen molar-refractivity contribution in [1.82, 2.24) is 9.55 Å². The normalized spacial score (nSPS) is 14.3. The zero-order chi connectivity index (χ0) is 23.1. The monoisotopic (exact) mass is 415 g/mol. The molecule has 0 bridgehead atoms. The summed E-state index contributed by atoms with van der Waals surface area (Å²) in [5, 5.41) is 0. The third kappa shape index (κ3) is 3.98. The molecule has 2 heterocycles. The highest BCUT2D eigenvalue weighted by molar-refractivity contribution is 5.92. The van der Waals surface area contributed by atoms with E-state index in [9.17, 15) is 0 Å². The van der Waals surface area contributed by atoms with Crippen LogP contribution < -0.4 is 0 Å². The maximum absolute atomic E-state index is 4.90. The first-order valence-electron chi connectivity index (χ1n) is 11.4. The summed E-state index contributed by atoms with van der Waals surface area (Å²) in [7, 11) is 0. The molecule has 0 saturated carbocycles. The van der Waals surface area contributed by atoms with Crippen LogP contribution in [-0.4, -0.2) is 15.8 Å². The number of fused-ring (bicyclic) bond motifs is 1. The molecule has 0 aliphatic carbocycles. The van der Waals surface area contributed by atoms with E-state index in [1.807, 2.05) is 20.0 Å². The number of benzene rings is 2. The summed E-state index contributed by atoms with van der Waals surface area (Å²) >= 11 is 0. The van der Waals surface area contributed by atoms with Gasteiger partial charge in [-0.15, -0.1) is 0 Å². The lowest BCUT2D eigenvalue weighted by atomic mass is 9.79. The third-order valence-electron chi connectivity index (χ3n) is 5.94. The fourth-order valence-electron chi connectivity index (χ4n) is 4.61. The molecule has 0 fully saturated rings. The van der Waals surface area contributed by atoms with Gasteiger partial charge in [-0.2, -0.15) is 0 Å². The van der Waals surface area contributed by atoms with Crippen molar-refractivity contribution in [2.45, 2.75) is 80.1 Å². The van der Waals surface area contributed by atoms with Crippen LogP contribution in [0, 0.1) is 20.8 Å². The highest BCUT2D eigenvalue weighted by Gasteiger charge is 2.33. The minimum atomic E-state index is -0.0619. The lowest BCUT2D eigenvalue weighted by Gasteiger charge is -2.26. The molecule has 0 radical (unpaired) electrons. The first kappa shape index (κ1) is 23.0. The molecule has 31 heavy (non-hydrogen) atoms. The summed E-state index contributed by atoms with van der Waals surface area (Å²) in [5.74, 6) is 0.969. The van der Waals surface area contributed by atoms with Crippen molar-refractivity contribution < 1.29 is 0 Å². The van der Waals surface area contributed by atoms with Gasteiger partial charge in [-0.25, -0.2) is 4.98 Å². The van der Waals surface area contributed by atoms with Crippen LogP contribution in [0.2, 0.25) is 0 Å². The van der Waals surface area contributed by atoms with E-state index in [2.05, 4.69) is 96.6 Å². The average molecular weight is 416 g/mol. The van der Waals surface area contributed by atoms with Gasteiger partial charge >= 0.3 is 0 Å². The number of rotatable bonds is 2. The van der Waals surface area contributed by atoms with Crippen LogP contribution in [0.5, 0.6) is 0 Å². The van der Waals surface area contributed by atoms with E-state index >= 15 is 0 Å². The van der Waals surface area contributed by atoms with Crippen molar-refractivity contribution in [1.29, 1.82) is 0 Å². The van der Waals surface area contributed by atoms with Crippen LogP contribution in [0.15, 0.2) is 41.7 Å². The minimum Gasteiger partial charge on any atom is -0.299 e. The lowest BCUT2D eigenvalue weighted by molar-refractivity contribution is 0.590. The summed E-state index contributed by atoms with van der Waals surface area (Å²) in [6, 6.07) is 9.02. The van der Waals surface area contributed by atoms with Gasteiger partial charge in [-0.05, 0) is 48.4 Å². The van der Waals surface area contributed by atoms with Crippen LogP contribution in [0.1, 0.15) is 76.3 Å². The average Bonchev–Trinajstić information content (AvgIpc) is 3.26. The molecule has 1 aromatic heterocycles. The Morgan fingerprint density at radius 1 is 0.935 bits per heavy atom. The Kier molecular flexibility index (Phi) is 6.01. The van der Waals surface area contributed by atoms with E-state index in [-0.39, 0.29) is 10.8 Å². The van der Waals surface area contributed by atoms with Gasteiger partial charge in [0.1, 0.15) is 5.82 Å². The predicted molar refractivity (Wildman–Crippen MR) is 134 cm³/mol. The zero-order valence-corrected chi connectivity index (χ0v) is 20.9. The minimum absolute atomic E-state index is 0.0131. The maximum Gasteiger partial charge on any atom is 0.146 e. The summed E-state index contributed by atoms with van der Waals surface area (Å²) in [6.45, 7) is 21.7. The SMILES string of the molecule is CC.Cc1cc(C)c(-n2ccnc2-c2c(C(C)(C)C)ccc3c2N=CC3(C)C)c(C)c1. The van der Waals surface area contributed by atoms with Gasteiger partial charge in [0.15, 0.2) is 0 Å². The van der Waals surface area contributed by atoms with E-state index < -0.39 is 0 Å². The first-order valence-corrected chi connectivity index (χ1v) is 11.4. The smallest absolute Gasteiger partial charge is 0.146 e. The van der Waals surface area contributed by atoms with Gasteiger partial charge in [-0.1, -0.05) is 78.3 Å². The number of imidazole rings is 1. The summed E-state index contributed by atoms with van der Waals surface area (Å²) < 4.78 is 2.25. The van der Waals surface area contributed by atoms with Crippen molar-refractivity contribution in [2.24, 2.45) is 4.99 Å². The van der Waals surface area contributed by atoms with Crippen molar-refractivity contribution in [3.8, 4) is 17.1 Å². The highest BCUT2D eigenvalue weighted by Crippen LogP contribution is 2.47. The molecule has 2 aromatic carbocycles. The molecule has 0 unspecified atom stereocenters. The molecule has 0 spiro atoms. The molecule has 3 heteroatoms. The second-order valence-corrected chi connectivity index (χ2v) is 9.98. The quantitative estimate of drug-likeness (QED) is 0.420. The molecule has 3 aromatic rings. The highest BCUT2D eigenvalue weighted by atomic mass is 15.1. The second-order valence-electron chi connectivity index (χ2n) is 9.98. The summed E-state index contributed by atoms with van der Waals surface area (Å²) in [5.41, 5.74) is 9.71. The Hall–Kier alpha value is -2.68. The molecule has 0 N–H and O–H groups in total. The third-order valence-corrected chi connectivity index (χ3v) is 5.94. The number of aryl methyl sites for hydroxylation is 3. The van der Waals surface area contributed by atoms with Gasteiger partial charge in [0.2, 0.25) is 0 Å². The van der Waals surface area contributed by atoms with Crippen LogP contribution in [0.25, 0.3) is 17.1 Å². The fourth-order valence-corrected chi connectivity index (χ4v) is 4.61. The van der Waals surface area contributed by atoms with Gasteiger partial charge < -0.3 is 0 Å². The molecule has 4 rings (SSSR count). The van der Waals surface area contributed by atoms with Crippen molar-refractivity contribution in [2.75, 3.05) is 0 Å². The van der Waals surface area contributed by atoms with Crippen molar-refractivity contribution >= 4 is 11.9 Å². The largest absolute Gasteiger partial charge is 0.299 e.